The SMILES string of the molecule is CC(NCCC(=O)NC1CC1)c1ccc(Br)s1. The molecule has 1 aromatic heterocycles. The largest absolute Gasteiger partial charge is 0.353 e. The van der Waals surface area contributed by atoms with Gasteiger partial charge in [0.05, 0.1) is 3.79 Å². The molecule has 1 amide bonds. The maximum atomic E-state index is 11.5. The number of carbonyl (C=O) groups excluding carboxylic acids is 1. The summed E-state index contributed by atoms with van der Waals surface area (Å²) in [5.74, 6) is 0.166. The number of hydrogen-bond acceptors (Lipinski definition) is 3. The minimum atomic E-state index is 0.166. The third-order valence-electron chi connectivity index (χ3n) is 2.77. The van der Waals surface area contributed by atoms with E-state index in [2.05, 4.69) is 45.6 Å². The Labute approximate surface area is 114 Å². The van der Waals surface area contributed by atoms with Gasteiger partial charge < -0.3 is 10.6 Å². The van der Waals surface area contributed by atoms with Gasteiger partial charge in [-0.2, -0.15) is 0 Å². The first kappa shape index (κ1) is 13.1. The van der Waals surface area contributed by atoms with E-state index >= 15 is 0 Å². The third kappa shape index (κ3) is 4.41. The molecule has 0 bridgehead atoms. The molecule has 1 fully saturated rings. The zero-order chi connectivity index (χ0) is 12.3. The van der Waals surface area contributed by atoms with Crippen LogP contribution < -0.4 is 10.6 Å². The molecule has 1 saturated carbocycles. The Morgan fingerprint density at radius 3 is 2.94 bits per heavy atom. The van der Waals surface area contributed by atoms with Crippen molar-refractivity contribution in [3.63, 3.8) is 0 Å². The minimum Gasteiger partial charge on any atom is -0.353 e. The topological polar surface area (TPSA) is 41.1 Å². The molecule has 2 N–H and O–H groups in total. The van der Waals surface area contributed by atoms with Gasteiger partial charge >= 0.3 is 0 Å². The van der Waals surface area contributed by atoms with Crippen molar-refractivity contribution >= 4 is 33.2 Å². The van der Waals surface area contributed by atoms with Gasteiger partial charge in [-0.3, -0.25) is 4.79 Å². The van der Waals surface area contributed by atoms with Crippen molar-refractivity contribution in [2.75, 3.05) is 6.54 Å². The second kappa shape index (κ2) is 5.98. The first-order chi connectivity index (χ1) is 8.15. The average Bonchev–Trinajstić information content (AvgIpc) is 2.97. The highest BCUT2D eigenvalue weighted by Crippen LogP contribution is 2.26. The molecular formula is C12H17BrN2OS. The fourth-order valence-corrected chi connectivity index (χ4v) is 3.04. The molecular weight excluding hydrogens is 300 g/mol. The van der Waals surface area contributed by atoms with Gasteiger partial charge in [-0.15, -0.1) is 11.3 Å². The maximum absolute atomic E-state index is 11.5. The Bertz CT molecular complexity index is 390. The summed E-state index contributed by atoms with van der Waals surface area (Å²) >= 11 is 5.18. The van der Waals surface area contributed by atoms with Gasteiger partial charge in [0.15, 0.2) is 0 Å². The molecule has 17 heavy (non-hydrogen) atoms. The van der Waals surface area contributed by atoms with Crippen molar-refractivity contribution in [3.8, 4) is 0 Å². The van der Waals surface area contributed by atoms with Crippen LogP contribution in [0.5, 0.6) is 0 Å². The van der Waals surface area contributed by atoms with E-state index in [1.165, 1.54) is 4.88 Å². The van der Waals surface area contributed by atoms with E-state index in [-0.39, 0.29) is 5.91 Å². The van der Waals surface area contributed by atoms with Crippen LogP contribution >= 0.6 is 27.3 Å². The number of thiophene rings is 1. The van der Waals surface area contributed by atoms with Crippen molar-refractivity contribution in [2.45, 2.75) is 38.3 Å². The number of carbonyl (C=O) groups is 1. The highest BCUT2D eigenvalue weighted by atomic mass is 79.9. The lowest BCUT2D eigenvalue weighted by Crippen LogP contribution is -2.29. The molecule has 0 saturated heterocycles. The Balaban J connectivity index is 1.65. The van der Waals surface area contributed by atoms with Gasteiger partial charge in [0.25, 0.3) is 0 Å². The monoisotopic (exact) mass is 316 g/mol. The molecule has 1 atom stereocenters. The number of amides is 1. The number of rotatable bonds is 6. The zero-order valence-corrected chi connectivity index (χ0v) is 12.2. The summed E-state index contributed by atoms with van der Waals surface area (Å²) in [5.41, 5.74) is 0. The van der Waals surface area contributed by atoms with Crippen molar-refractivity contribution in [1.82, 2.24) is 10.6 Å². The van der Waals surface area contributed by atoms with Crippen LogP contribution in [0.1, 0.15) is 37.1 Å². The Morgan fingerprint density at radius 1 is 1.59 bits per heavy atom. The molecule has 1 heterocycles. The summed E-state index contributed by atoms with van der Waals surface area (Å²) < 4.78 is 1.15. The van der Waals surface area contributed by atoms with Crippen LogP contribution in [0.15, 0.2) is 15.9 Å². The summed E-state index contributed by atoms with van der Waals surface area (Å²) in [5, 5.41) is 6.35. The summed E-state index contributed by atoms with van der Waals surface area (Å²) in [6.07, 6.45) is 2.87. The summed E-state index contributed by atoms with van der Waals surface area (Å²) in [6, 6.07) is 4.93. The molecule has 2 rings (SSSR count). The van der Waals surface area contributed by atoms with Crippen LogP contribution in [-0.2, 0) is 4.79 Å². The molecule has 0 spiro atoms. The standard InChI is InChI=1S/C12H17BrN2OS/c1-8(10-4-5-11(13)17-10)14-7-6-12(16)15-9-2-3-9/h4-5,8-9,14H,2-3,6-7H2,1H3,(H,15,16). The molecule has 3 nitrogen and oxygen atoms in total. The number of halogens is 1. The van der Waals surface area contributed by atoms with E-state index < -0.39 is 0 Å². The predicted octanol–water partition coefficient (Wildman–Crippen LogP) is 2.83. The van der Waals surface area contributed by atoms with Crippen molar-refractivity contribution in [2.24, 2.45) is 0 Å². The van der Waals surface area contributed by atoms with E-state index in [1.54, 1.807) is 11.3 Å². The van der Waals surface area contributed by atoms with Gasteiger partial charge in [0.1, 0.15) is 0 Å². The summed E-state index contributed by atoms with van der Waals surface area (Å²) in [4.78, 5) is 12.8. The van der Waals surface area contributed by atoms with Crippen LogP contribution in [0.2, 0.25) is 0 Å². The van der Waals surface area contributed by atoms with E-state index in [4.69, 9.17) is 0 Å². The van der Waals surface area contributed by atoms with Crippen LogP contribution in [0.25, 0.3) is 0 Å². The van der Waals surface area contributed by atoms with Gasteiger partial charge in [0.2, 0.25) is 5.91 Å². The molecule has 1 aromatic rings. The predicted molar refractivity (Wildman–Crippen MR) is 74.2 cm³/mol. The zero-order valence-electron chi connectivity index (χ0n) is 9.83. The Kier molecular flexibility index (Phi) is 4.59. The number of nitrogens with one attached hydrogen (secondary N) is 2. The minimum absolute atomic E-state index is 0.166. The third-order valence-corrected chi connectivity index (χ3v) is 4.57. The normalized spacial score (nSPS) is 16.8. The smallest absolute Gasteiger partial charge is 0.221 e. The highest BCUT2D eigenvalue weighted by Gasteiger charge is 2.22. The van der Waals surface area contributed by atoms with Crippen LogP contribution in [0.3, 0.4) is 0 Å². The van der Waals surface area contributed by atoms with Gasteiger partial charge in [-0.05, 0) is 47.8 Å². The van der Waals surface area contributed by atoms with E-state index in [0.29, 0.717) is 18.5 Å². The van der Waals surface area contributed by atoms with E-state index in [0.717, 1.165) is 23.2 Å². The van der Waals surface area contributed by atoms with Crippen LogP contribution in [-0.4, -0.2) is 18.5 Å². The fraction of sp³-hybridized carbons (Fsp3) is 0.583. The van der Waals surface area contributed by atoms with Crippen LogP contribution in [0, 0.1) is 0 Å². The van der Waals surface area contributed by atoms with E-state index in [9.17, 15) is 4.79 Å². The number of hydrogen-bond donors (Lipinski definition) is 2. The fourth-order valence-electron chi connectivity index (χ4n) is 1.59. The Morgan fingerprint density at radius 2 is 2.35 bits per heavy atom. The molecule has 1 aliphatic rings. The molecule has 1 aliphatic carbocycles. The highest BCUT2D eigenvalue weighted by molar-refractivity contribution is 9.11. The molecule has 0 aliphatic heterocycles. The van der Waals surface area contributed by atoms with Gasteiger partial charge in [0, 0.05) is 29.9 Å². The molecule has 0 radical (unpaired) electrons. The second-order valence-corrected chi connectivity index (χ2v) is 6.90. The first-order valence-electron chi connectivity index (χ1n) is 5.93. The molecule has 5 heteroatoms. The maximum Gasteiger partial charge on any atom is 0.221 e. The van der Waals surface area contributed by atoms with Gasteiger partial charge in [-0.25, -0.2) is 0 Å². The van der Waals surface area contributed by atoms with Crippen LogP contribution in [0.4, 0.5) is 0 Å². The molecule has 94 valence electrons. The Hall–Kier alpha value is -0.390. The lowest BCUT2D eigenvalue weighted by atomic mass is 10.2. The molecule has 0 aromatic carbocycles. The lowest BCUT2D eigenvalue weighted by molar-refractivity contribution is -0.121. The van der Waals surface area contributed by atoms with Crippen molar-refractivity contribution < 1.29 is 4.79 Å². The average molecular weight is 317 g/mol. The second-order valence-electron chi connectivity index (χ2n) is 4.41. The van der Waals surface area contributed by atoms with Gasteiger partial charge in [-0.1, -0.05) is 0 Å². The van der Waals surface area contributed by atoms with Crippen molar-refractivity contribution in [1.29, 1.82) is 0 Å². The van der Waals surface area contributed by atoms with E-state index in [1.807, 2.05) is 0 Å². The summed E-state index contributed by atoms with van der Waals surface area (Å²) in [6.45, 7) is 2.85. The first-order valence-corrected chi connectivity index (χ1v) is 7.54. The molecule has 1 unspecified atom stereocenters. The lowest BCUT2D eigenvalue weighted by Gasteiger charge is -2.11. The van der Waals surface area contributed by atoms with Crippen molar-refractivity contribution in [3.05, 3.63) is 20.8 Å². The summed E-state index contributed by atoms with van der Waals surface area (Å²) in [7, 11) is 0. The quantitative estimate of drug-likeness (QED) is 0.847.